The molecule has 1 heterocycles. The molecule has 0 radical (unpaired) electrons. The maximum atomic E-state index is 12.3. The van der Waals surface area contributed by atoms with Crippen LogP contribution in [-0.4, -0.2) is 59.8 Å². The fraction of sp³-hybridized carbons (Fsp3) is 0.529. The molecule has 1 aliphatic heterocycles. The van der Waals surface area contributed by atoms with Crippen LogP contribution in [0.15, 0.2) is 24.3 Å². The standard InChI is InChI=1S/C17H25N3O4S/c1-3-19(16(22)11-15(18)21)20-9-4-10-25-17(20)12-24-14-7-5-13(23-2)6-8-14/h5-8,17H,3-4,9-12H2,1-2H3,(H2,18,21). The molecule has 1 unspecified atom stereocenters. The van der Waals surface area contributed by atoms with E-state index in [0.29, 0.717) is 13.2 Å². The van der Waals surface area contributed by atoms with E-state index >= 15 is 0 Å². The van der Waals surface area contributed by atoms with Crippen LogP contribution in [-0.2, 0) is 9.59 Å². The summed E-state index contributed by atoms with van der Waals surface area (Å²) in [7, 11) is 1.62. The molecule has 0 aliphatic carbocycles. The zero-order chi connectivity index (χ0) is 18.2. The van der Waals surface area contributed by atoms with E-state index in [1.165, 1.54) is 0 Å². The first kappa shape index (κ1) is 19.4. The summed E-state index contributed by atoms with van der Waals surface area (Å²) in [5.74, 6) is 1.65. The summed E-state index contributed by atoms with van der Waals surface area (Å²) in [4.78, 5) is 23.4. The number of hydrazine groups is 1. The highest BCUT2D eigenvalue weighted by molar-refractivity contribution is 7.99. The average Bonchev–Trinajstić information content (AvgIpc) is 2.61. The smallest absolute Gasteiger partial charge is 0.246 e. The number of ether oxygens (including phenoxy) is 2. The summed E-state index contributed by atoms with van der Waals surface area (Å²) < 4.78 is 11.0. The predicted molar refractivity (Wildman–Crippen MR) is 97.3 cm³/mol. The van der Waals surface area contributed by atoms with E-state index in [1.54, 1.807) is 23.9 Å². The van der Waals surface area contributed by atoms with Crippen LogP contribution in [0.1, 0.15) is 19.8 Å². The second-order valence-electron chi connectivity index (χ2n) is 5.58. The van der Waals surface area contributed by atoms with Gasteiger partial charge in [0.25, 0.3) is 0 Å². The number of thioether (sulfide) groups is 1. The molecule has 2 rings (SSSR count). The number of nitrogens with zero attached hydrogens (tertiary/aromatic N) is 2. The van der Waals surface area contributed by atoms with E-state index in [2.05, 4.69) is 0 Å². The monoisotopic (exact) mass is 367 g/mol. The van der Waals surface area contributed by atoms with Crippen molar-refractivity contribution in [1.82, 2.24) is 10.0 Å². The minimum absolute atomic E-state index is 0.00706. The van der Waals surface area contributed by atoms with Gasteiger partial charge in [-0.15, -0.1) is 11.8 Å². The molecule has 1 atom stereocenters. The van der Waals surface area contributed by atoms with Crippen LogP contribution in [0, 0.1) is 0 Å². The fourth-order valence-corrected chi connectivity index (χ4v) is 3.79. The Morgan fingerprint density at radius 3 is 2.60 bits per heavy atom. The molecule has 138 valence electrons. The molecule has 0 aromatic heterocycles. The third kappa shape index (κ3) is 5.54. The highest BCUT2D eigenvalue weighted by Gasteiger charge is 2.31. The normalized spacial score (nSPS) is 17.8. The number of carbonyl (C=O) groups is 2. The lowest BCUT2D eigenvalue weighted by atomic mass is 10.3. The first-order valence-corrected chi connectivity index (χ1v) is 9.33. The first-order valence-electron chi connectivity index (χ1n) is 8.28. The Balaban J connectivity index is 2.00. The number of amides is 2. The Bertz CT molecular complexity index is 582. The van der Waals surface area contributed by atoms with Crippen LogP contribution < -0.4 is 15.2 Å². The summed E-state index contributed by atoms with van der Waals surface area (Å²) in [5, 5.41) is 3.61. The Hall–Kier alpha value is -1.93. The molecule has 0 saturated carbocycles. The number of primary amides is 1. The number of benzene rings is 1. The number of hydrogen-bond acceptors (Lipinski definition) is 6. The average molecular weight is 367 g/mol. The van der Waals surface area contributed by atoms with E-state index in [1.807, 2.05) is 36.2 Å². The Kier molecular flexibility index (Phi) is 7.39. The molecule has 0 bridgehead atoms. The van der Waals surface area contributed by atoms with Crippen molar-refractivity contribution in [2.24, 2.45) is 5.73 Å². The Labute approximate surface area is 152 Å². The van der Waals surface area contributed by atoms with Crippen LogP contribution >= 0.6 is 11.8 Å². The number of rotatable bonds is 8. The van der Waals surface area contributed by atoms with Gasteiger partial charge in [0, 0.05) is 13.1 Å². The van der Waals surface area contributed by atoms with Crippen molar-refractivity contribution in [1.29, 1.82) is 0 Å². The van der Waals surface area contributed by atoms with Gasteiger partial charge in [0.15, 0.2) is 0 Å². The predicted octanol–water partition coefficient (Wildman–Crippen LogP) is 1.48. The van der Waals surface area contributed by atoms with Crippen molar-refractivity contribution >= 4 is 23.6 Å². The molecule has 1 aliphatic rings. The van der Waals surface area contributed by atoms with E-state index in [0.717, 1.165) is 30.2 Å². The van der Waals surface area contributed by atoms with Crippen LogP contribution in [0.25, 0.3) is 0 Å². The molecule has 7 nitrogen and oxygen atoms in total. The molecule has 1 aromatic rings. The second kappa shape index (κ2) is 9.53. The zero-order valence-corrected chi connectivity index (χ0v) is 15.5. The van der Waals surface area contributed by atoms with E-state index in [9.17, 15) is 9.59 Å². The van der Waals surface area contributed by atoms with Gasteiger partial charge in [0.2, 0.25) is 11.8 Å². The highest BCUT2D eigenvalue weighted by atomic mass is 32.2. The summed E-state index contributed by atoms with van der Waals surface area (Å²) in [6, 6.07) is 7.39. The first-order chi connectivity index (χ1) is 12.0. The molecule has 1 aromatic carbocycles. The molecule has 2 amide bonds. The van der Waals surface area contributed by atoms with Gasteiger partial charge in [-0.2, -0.15) is 0 Å². The number of carbonyl (C=O) groups excluding carboxylic acids is 2. The fourth-order valence-electron chi connectivity index (χ4n) is 2.67. The Morgan fingerprint density at radius 2 is 2.00 bits per heavy atom. The molecular formula is C17H25N3O4S. The van der Waals surface area contributed by atoms with E-state index in [4.69, 9.17) is 15.2 Å². The largest absolute Gasteiger partial charge is 0.497 e. The van der Waals surface area contributed by atoms with Crippen molar-refractivity contribution < 1.29 is 19.1 Å². The van der Waals surface area contributed by atoms with Crippen molar-refractivity contribution in [2.75, 3.05) is 32.6 Å². The van der Waals surface area contributed by atoms with Gasteiger partial charge in [0.05, 0.1) is 7.11 Å². The van der Waals surface area contributed by atoms with Gasteiger partial charge in [-0.25, -0.2) is 5.01 Å². The lowest BCUT2D eigenvalue weighted by Crippen LogP contribution is -2.54. The van der Waals surface area contributed by atoms with E-state index < -0.39 is 5.91 Å². The highest BCUT2D eigenvalue weighted by Crippen LogP contribution is 2.26. The minimum Gasteiger partial charge on any atom is -0.497 e. The zero-order valence-electron chi connectivity index (χ0n) is 14.6. The third-order valence-electron chi connectivity index (χ3n) is 3.85. The third-order valence-corrected chi connectivity index (χ3v) is 5.14. The molecule has 1 fully saturated rings. The van der Waals surface area contributed by atoms with Gasteiger partial charge in [-0.3, -0.25) is 14.6 Å². The summed E-state index contributed by atoms with van der Waals surface area (Å²) in [6.07, 6.45) is 0.700. The SMILES string of the molecule is CCN(C(=O)CC(N)=O)N1CCCSC1COc1ccc(OC)cc1. The molecule has 1 saturated heterocycles. The molecule has 2 N–H and O–H groups in total. The summed E-state index contributed by atoms with van der Waals surface area (Å²) in [6.45, 7) is 3.57. The molecule has 0 spiro atoms. The van der Waals surface area contributed by atoms with Gasteiger partial charge in [0.1, 0.15) is 29.9 Å². The number of hydrogen-bond donors (Lipinski definition) is 1. The van der Waals surface area contributed by atoms with Gasteiger partial charge in [-0.1, -0.05) is 0 Å². The van der Waals surface area contributed by atoms with E-state index in [-0.39, 0.29) is 17.7 Å². The Morgan fingerprint density at radius 1 is 1.32 bits per heavy atom. The molecular weight excluding hydrogens is 342 g/mol. The van der Waals surface area contributed by atoms with Crippen molar-refractivity contribution in [3.05, 3.63) is 24.3 Å². The number of methoxy groups -OCH3 is 1. The number of nitrogens with two attached hydrogens (primary N) is 1. The molecule has 8 heteroatoms. The second-order valence-corrected chi connectivity index (χ2v) is 6.87. The quantitative estimate of drug-likeness (QED) is 0.701. The lowest BCUT2D eigenvalue weighted by Gasteiger charge is -2.41. The lowest BCUT2D eigenvalue weighted by molar-refractivity contribution is -0.152. The maximum Gasteiger partial charge on any atom is 0.246 e. The topological polar surface area (TPSA) is 85.1 Å². The van der Waals surface area contributed by atoms with Crippen LogP contribution in [0.2, 0.25) is 0 Å². The van der Waals surface area contributed by atoms with Gasteiger partial charge >= 0.3 is 0 Å². The van der Waals surface area contributed by atoms with Gasteiger partial charge < -0.3 is 15.2 Å². The van der Waals surface area contributed by atoms with Crippen molar-refractivity contribution in [3.63, 3.8) is 0 Å². The van der Waals surface area contributed by atoms with Crippen LogP contribution in [0.4, 0.5) is 0 Å². The van der Waals surface area contributed by atoms with Crippen molar-refractivity contribution in [3.8, 4) is 11.5 Å². The van der Waals surface area contributed by atoms with Crippen LogP contribution in [0.3, 0.4) is 0 Å². The summed E-state index contributed by atoms with van der Waals surface area (Å²) >= 11 is 1.74. The van der Waals surface area contributed by atoms with Gasteiger partial charge in [-0.05, 0) is 43.4 Å². The summed E-state index contributed by atoms with van der Waals surface area (Å²) in [5.41, 5.74) is 5.16. The molecule has 25 heavy (non-hydrogen) atoms. The maximum absolute atomic E-state index is 12.3. The van der Waals surface area contributed by atoms with Crippen molar-refractivity contribution in [2.45, 2.75) is 25.1 Å². The minimum atomic E-state index is -0.612. The van der Waals surface area contributed by atoms with Crippen LogP contribution in [0.5, 0.6) is 11.5 Å².